The Bertz CT molecular complexity index is 1140. The number of nitrogens with one attached hydrogen (secondary N) is 2. The molecule has 4 rings (SSSR count). The van der Waals surface area contributed by atoms with Crippen molar-refractivity contribution in [2.45, 2.75) is 18.9 Å². The lowest BCUT2D eigenvalue weighted by atomic mass is 10.0. The maximum atomic E-state index is 15.4. The van der Waals surface area contributed by atoms with E-state index in [9.17, 15) is 9.18 Å². The van der Waals surface area contributed by atoms with Gasteiger partial charge in [0.1, 0.15) is 23.5 Å². The van der Waals surface area contributed by atoms with Gasteiger partial charge in [0, 0.05) is 48.1 Å². The van der Waals surface area contributed by atoms with E-state index in [1.54, 1.807) is 12.1 Å². The average molecular weight is 480 g/mol. The molecule has 0 atom stereocenters. The highest BCUT2D eigenvalue weighted by Crippen LogP contribution is 2.38. The van der Waals surface area contributed by atoms with Crippen molar-refractivity contribution in [1.82, 2.24) is 20.6 Å². The second kappa shape index (κ2) is 9.83. The van der Waals surface area contributed by atoms with Gasteiger partial charge in [-0.3, -0.25) is 0 Å². The van der Waals surface area contributed by atoms with Crippen molar-refractivity contribution in [3.05, 3.63) is 53.3 Å². The first-order valence-electron chi connectivity index (χ1n) is 10.2. The molecular formula is C22H21Cl2F2N5O. The van der Waals surface area contributed by atoms with Crippen molar-refractivity contribution in [2.75, 3.05) is 30.4 Å². The molecule has 1 aromatic heterocycles. The molecule has 0 unspecified atom stereocenters. The second-order valence-corrected chi connectivity index (χ2v) is 8.26. The summed E-state index contributed by atoms with van der Waals surface area (Å²) in [7, 11) is 0. The van der Waals surface area contributed by atoms with Crippen LogP contribution in [0.25, 0.3) is 22.0 Å². The highest BCUT2D eigenvalue weighted by molar-refractivity contribution is 6.34. The second-order valence-electron chi connectivity index (χ2n) is 7.47. The van der Waals surface area contributed by atoms with Gasteiger partial charge in [-0.2, -0.15) is 0 Å². The molecule has 1 saturated heterocycles. The molecule has 3 aromatic rings. The lowest BCUT2D eigenvalue weighted by Gasteiger charge is -2.33. The third-order valence-corrected chi connectivity index (χ3v) is 5.94. The average Bonchev–Trinajstić information content (AvgIpc) is 2.79. The molecular weight excluding hydrogens is 459 g/mol. The van der Waals surface area contributed by atoms with Crippen molar-refractivity contribution < 1.29 is 13.6 Å². The van der Waals surface area contributed by atoms with E-state index in [-0.39, 0.29) is 33.7 Å². The number of hydrogen-bond donors (Lipinski definition) is 2. The molecule has 2 heterocycles. The van der Waals surface area contributed by atoms with E-state index in [4.69, 9.17) is 23.2 Å². The van der Waals surface area contributed by atoms with Crippen molar-refractivity contribution in [3.8, 4) is 11.1 Å². The summed E-state index contributed by atoms with van der Waals surface area (Å²) in [6.07, 6.45) is 2.69. The monoisotopic (exact) mass is 479 g/mol. The molecule has 0 saturated carbocycles. The van der Waals surface area contributed by atoms with Crippen LogP contribution in [0.15, 0.2) is 36.7 Å². The third kappa shape index (κ3) is 4.56. The Labute approximate surface area is 193 Å². The van der Waals surface area contributed by atoms with Crippen LogP contribution >= 0.6 is 23.2 Å². The van der Waals surface area contributed by atoms with Gasteiger partial charge >= 0.3 is 6.03 Å². The Morgan fingerprint density at radius 2 is 1.94 bits per heavy atom. The van der Waals surface area contributed by atoms with Crippen LogP contribution in [0.5, 0.6) is 0 Å². The van der Waals surface area contributed by atoms with E-state index in [1.807, 2.05) is 4.90 Å². The fraction of sp³-hybridized carbons (Fsp3) is 0.318. The Morgan fingerprint density at radius 3 is 2.66 bits per heavy atom. The predicted octanol–water partition coefficient (Wildman–Crippen LogP) is 4.74. The molecule has 168 valence electrons. The minimum atomic E-state index is -0.686. The zero-order chi connectivity index (χ0) is 22.7. The molecule has 6 nitrogen and oxygen atoms in total. The number of nitrogens with zero attached hydrogens (tertiary/aromatic N) is 3. The first-order valence-corrected chi connectivity index (χ1v) is 11.1. The zero-order valence-electron chi connectivity index (χ0n) is 17.0. The van der Waals surface area contributed by atoms with Gasteiger partial charge in [-0.25, -0.2) is 23.5 Å². The standard InChI is InChI=1S/C22H21Cl2F2N5O/c23-7-8-27-22(32)30-13-5-9-31(10-6-13)21-15-11-16(24)18(14-3-1-2-4-17(14)25)19(26)20(15)28-12-29-21/h1-4,11-13H,5-10H2,(H2,27,30,32). The highest BCUT2D eigenvalue weighted by atomic mass is 35.5. The Balaban J connectivity index is 1.59. The summed E-state index contributed by atoms with van der Waals surface area (Å²) >= 11 is 12.0. The van der Waals surface area contributed by atoms with Gasteiger partial charge in [0.05, 0.1) is 5.02 Å². The molecule has 0 radical (unpaired) electrons. The molecule has 2 aromatic carbocycles. The van der Waals surface area contributed by atoms with E-state index in [0.717, 1.165) is 0 Å². The number of carbonyl (C=O) groups excluding carboxylic acids is 1. The number of halogens is 4. The quantitative estimate of drug-likeness (QED) is 0.518. The summed E-state index contributed by atoms with van der Waals surface area (Å²) in [5, 5.41) is 6.16. The lowest BCUT2D eigenvalue weighted by Crippen LogP contribution is -2.48. The minimum Gasteiger partial charge on any atom is -0.356 e. The number of carbonyl (C=O) groups is 1. The van der Waals surface area contributed by atoms with Crippen molar-refractivity contribution in [3.63, 3.8) is 0 Å². The molecule has 0 bridgehead atoms. The lowest BCUT2D eigenvalue weighted by molar-refractivity contribution is 0.235. The van der Waals surface area contributed by atoms with E-state index in [2.05, 4.69) is 20.6 Å². The van der Waals surface area contributed by atoms with Crippen LogP contribution < -0.4 is 15.5 Å². The molecule has 0 aliphatic carbocycles. The van der Waals surface area contributed by atoms with Crippen molar-refractivity contribution >= 4 is 46.0 Å². The molecule has 0 spiro atoms. The fourth-order valence-corrected chi connectivity index (χ4v) is 4.30. The number of anilines is 1. The van der Waals surface area contributed by atoms with E-state index >= 15 is 4.39 Å². The highest BCUT2D eigenvalue weighted by Gasteiger charge is 2.25. The van der Waals surface area contributed by atoms with Crippen LogP contribution in [0.2, 0.25) is 5.02 Å². The molecule has 2 N–H and O–H groups in total. The van der Waals surface area contributed by atoms with E-state index < -0.39 is 11.6 Å². The van der Waals surface area contributed by atoms with Crippen LogP contribution in [-0.2, 0) is 0 Å². The number of amides is 2. The summed E-state index contributed by atoms with van der Waals surface area (Å²) in [6, 6.07) is 7.25. The van der Waals surface area contributed by atoms with Crippen LogP contribution in [0.1, 0.15) is 12.8 Å². The first kappa shape index (κ1) is 22.5. The third-order valence-electron chi connectivity index (χ3n) is 5.45. The summed E-state index contributed by atoms with van der Waals surface area (Å²) in [6.45, 7) is 1.63. The Hall–Kier alpha value is -2.71. The maximum absolute atomic E-state index is 15.4. The van der Waals surface area contributed by atoms with Crippen LogP contribution in [0, 0.1) is 11.6 Å². The largest absolute Gasteiger partial charge is 0.356 e. The van der Waals surface area contributed by atoms with Gasteiger partial charge in [0.15, 0.2) is 5.82 Å². The van der Waals surface area contributed by atoms with Gasteiger partial charge in [0.2, 0.25) is 0 Å². The number of rotatable bonds is 5. The van der Waals surface area contributed by atoms with Gasteiger partial charge < -0.3 is 15.5 Å². The number of alkyl halides is 1. The van der Waals surface area contributed by atoms with Crippen LogP contribution in [0.4, 0.5) is 19.4 Å². The number of fused-ring (bicyclic) bond motifs is 1. The van der Waals surface area contributed by atoms with E-state index in [1.165, 1.54) is 24.5 Å². The van der Waals surface area contributed by atoms with Gasteiger partial charge in [-0.15, -0.1) is 11.6 Å². The Kier molecular flexibility index (Phi) is 6.91. The summed E-state index contributed by atoms with van der Waals surface area (Å²) in [4.78, 5) is 22.3. The molecule has 2 amide bonds. The predicted molar refractivity (Wildman–Crippen MR) is 122 cm³/mol. The smallest absolute Gasteiger partial charge is 0.315 e. The summed E-state index contributed by atoms with van der Waals surface area (Å²) < 4.78 is 29.7. The van der Waals surface area contributed by atoms with Gasteiger partial charge in [0.25, 0.3) is 0 Å². The number of urea groups is 1. The molecule has 1 fully saturated rings. The van der Waals surface area contributed by atoms with Crippen molar-refractivity contribution in [2.24, 2.45) is 0 Å². The van der Waals surface area contributed by atoms with Gasteiger partial charge in [-0.05, 0) is 25.0 Å². The number of aromatic nitrogens is 2. The zero-order valence-corrected chi connectivity index (χ0v) is 18.6. The maximum Gasteiger partial charge on any atom is 0.315 e. The number of benzene rings is 2. The fourth-order valence-electron chi connectivity index (χ4n) is 3.91. The minimum absolute atomic E-state index is 0.0164. The van der Waals surface area contributed by atoms with Crippen LogP contribution in [0.3, 0.4) is 0 Å². The van der Waals surface area contributed by atoms with E-state index in [0.29, 0.717) is 49.6 Å². The summed E-state index contributed by atoms with van der Waals surface area (Å²) in [5.74, 6) is -0.342. The van der Waals surface area contributed by atoms with Gasteiger partial charge in [-0.1, -0.05) is 29.8 Å². The summed E-state index contributed by atoms with van der Waals surface area (Å²) in [5.41, 5.74) is 0.141. The topological polar surface area (TPSA) is 70.2 Å². The van der Waals surface area contributed by atoms with Crippen molar-refractivity contribution in [1.29, 1.82) is 0 Å². The normalized spacial score (nSPS) is 14.6. The first-order chi connectivity index (χ1) is 15.5. The number of hydrogen-bond acceptors (Lipinski definition) is 4. The molecule has 10 heteroatoms. The number of piperidine rings is 1. The van der Waals surface area contributed by atoms with Crippen LogP contribution in [-0.4, -0.2) is 47.6 Å². The molecule has 32 heavy (non-hydrogen) atoms. The SMILES string of the molecule is O=C(NCCCl)NC1CCN(c2ncnc3c(F)c(-c4ccccc4F)c(Cl)cc23)CC1. The Morgan fingerprint density at radius 1 is 1.19 bits per heavy atom. The molecule has 1 aliphatic rings. The molecule has 1 aliphatic heterocycles.